The molecule has 0 bridgehead atoms. The molecule has 3 amide bonds. The first-order valence-corrected chi connectivity index (χ1v) is 12.2. The van der Waals surface area contributed by atoms with Crippen LogP contribution in [0.3, 0.4) is 0 Å². The zero-order valence-corrected chi connectivity index (χ0v) is 20.8. The molecule has 1 spiro atoms. The van der Waals surface area contributed by atoms with E-state index in [4.69, 9.17) is 4.74 Å². The predicted molar refractivity (Wildman–Crippen MR) is 135 cm³/mol. The lowest BCUT2D eigenvalue weighted by Gasteiger charge is -2.56. The summed E-state index contributed by atoms with van der Waals surface area (Å²) < 4.78 is 21.1. The average Bonchev–Trinajstić information content (AvgIpc) is 3.14. The minimum absolute atomic E-state index is 0.00734. The molecule has 0 saturated carbocycles. The first-order valence-electron chi connectivity index (χ1n) is 12.2. The first kappa shape index (κ1) is 24.1. The molecule has 190 valence electrons. The van der Waals surface area contributed by atoms with Crippen molar-refractivity contribution in [3.05, 3.63) is 59.5 Å². The van der Waals surface area contributed by atoms with E-state index in [9.17, 15) is 19.1 Å². The van der Waals surface area contributed by atoms with Crippen LogP contribution in [0.15, 0.2) is 42.5 Å². The van der Waals surface area contributed by atoms with Crippen LogP contribution < -0.4 is 10.1 Å². The molecule has 2 aliphatic rings. The van der Waals surface area contributed by atoms with Gasteiger partial charge in [-0.1, -0.05) is 13.0 Å². The molecule has 3 heterocycles. The minimum Gasteiger partial charge on any atom is -0.497 e. The number of hydrogen-bond donors (Lipinski definition) is 2. The third-order valence-electron chi connectivity index (χ3n) is 7.46. The Kier molecular flexibility index (Phi) is 6.12. The van der Waals surface area contributed by atoms with Gasteiger partial charge in [0.25, 0.3) is 0 Å². The van der Waals surface area contributed by atoms with Crippen molar-refractivity contribution in [3.63, 3.8) is 0 Å². The van der Waals surface area contributed by atoms with Crippen LogP contribution in [0.5, 0.6) is 5.75 Å². The number of ether oxygens (including phenoxy) is 1. The molecule has 1 fully saturated rings. The van der Waals surface area contributed by atoms with Gasteiger partial charge in [-0.2, -0.15) is 0 Å². The third kappa shape index (κ3) is 3.78. The normalized spacial score (nSPS) is 18.2. The highest BCUT2D eigenvalue weighted by Crippen LogP contribution is 2.49. The number of carbonyl (C=O) groups is 2. The quantitative estimate of drug-likeness (QED) is 0.565. The van der Waals surface area contributed by atoms with Crippen LogP contribution in [0.2, 0.25) is 0 Å². The number of aromatic nitrogens is 1. The smallest absolute Gasteiger partial charge is 0.321 e. The Hall–Kier alpha value is -3.59. The SMILES string of the molecule is CCCC(=O)N1CC2(CN(C(=O)Nc3cccc(F)c3)C2)c2c(n(C)c3cc(OC)ccc23)[C@H]1CO. The number of anilines is 1. The number of benzene rings is 2. The summed E-state index contributed by atoms with van der Waals surface area (Å²) in [5.41, 5.74) is 2.82. The number of nitrogens with one attached hydrogen (secondary N) is 1. The number of amides is 3. The molecule has 2 N–H and O–H groups in total. The Morgan fingerprint density at radius 3 is 2.64 bits per heavy atom. The number of fused-ring (bicyclic) bond motifs is 4. The second-order valence-electron chi connectivity index (χ2n) is 9.75. The lowest BCUT2D eigenvalue weighted by molar-refractivity contribution is -0.138. The number of likely N-dealkylation sites (tertiary alicyclic amines) is 1. The number of halogens is 1. The Morgan fingerprint density at radius 2 is 1.97 bits per heavy atom. The maximum atomic E-state index is 13.6. The molecule has 2 aromatic carbocycles. The summed E-state index contributed by atoms with van der Waals surface area (Å²) in [6.45, 7) is 2.99. The summed E-state index contributed by atoms with van der Waals surface area (Å²) in [4.78, 5) is 29.6. The number of urea groups is 1. The highest BCUT2D eigenvalue weighted by Gasteiger charge is 2.55. The number of hydrogen-bond acceptors (Lipinski definition) is 4. The van der Waals surface area contributed by atoms with E-state index in [1.165, 1.54) is 12.1 Å². The molecular formula is C27H31FN4O4. The molecular weight excluding hydrogens is 463 g/mol. The van der Waals surface area contributed by atoms with E-state index in [2.05, 4.69) is 5.32 Å². The molecule has 1 saturated heterocycles. The predicted octanol–water partition coefficient (Wildman–Crippen LogP) is 3.79. The Balaban J connectivity index is 1.54. The summed E-state index contributed by atoms with van der Waals surface area (Å²) in [7, 11) is 3.56. The number of carbonyl (C=O) groups excluding carboxylic acids is 2. The Morgan fingerprint density at radius 1 is 1.19 bits per heavy atom. The van der Waals surface area contributed by atoms with E-state index in [1.54, 1.807) is 29.0 Å². The van der Waals surface area contributed by atoms with E-state index in [1.807, 2.05) is 36.7 Å². The highest BCUT2D eigenvalue weighted by molar-refractivity contribution is 5.93. The Labute approximate surface area is 209 Å². The van der Waals surface area contributed by atoms with Gasteiger partial charge in [-0.05, 0) is 42.3 Å². The van der Waals surface area contributed by atoms with Crippen molar-refractivity contribution in [2.24, 2.45) is 7.05 Å². The van der Waals surface area contributed by atoms with Crippen LogP contribution in [0.4, 0.5) is 14.9 Å². The van der Waals surface area contributed by atoms with Crippen molar-refractivity contribution in [1.82, 2.24) is 14.4 Å². The van der Waals surface area contributed by atoms with Crippen LogP contribution in [-0.4, -0.2) is 64.8 Å². The van der Waals surface area contributed by atoms with Gasteiger partial charge in [0.2, 0.25) is 5.91 Å². The molecule has 9 heteroatoms. The zero-order chi connectivity index (χ0) is 25.6. The molecule has 1 aromatic heterocycles. The molecule has 0 aliphatic carbocycles. The van der Waals surface area contributed by atoms with Crippen molar-refractivity contribution in [3.8, 4) is 5.75 Å². The second-order valence-corrected chi connectivity index (χ2v) is 9.75. The topological polar surface area (TPSA) is 87.0 Å². The highest BCUT2D eigenvalue weighted by atomic mass is 19.1. The van der Waals surface area contributed by atoms with Crippen LogP contribution in [0.25, 0.3) is 10.9 Å². The molecule has 1 atom stereocenters. The van der Waals surface area contributed by atoms with Crippen LogP contribution >= 0.6 is 0 Å². The summed E-state index contributed by atoms with van der Waals surface area (Å²) in [6.07, 6.45) is 1.10. The van der Waals surface area contributed by atoms with E-state index in [0.717, 1.165) is 27.9 Å². The number of nitrogens with zero attached hydrogens (tertiary/aromatic N) is 3. The van der Waals surface area contributed by atoms with Gasteiger partial charge < -0.3 is 29.5 Å². The second kappa shape index (κ2) is 9.13. The van der Waals surface area contributed by atoms with E-state index >= 15 is 0 Å². The average molecular weight is 495 g/mol. The third-order valence-corrected chi connectivity index (χ3v) is 7.46. The Bertz CT molecular complexity index is 1330. The number of aliphatic hydroxyl groups excluding tert-OH is 1. The van der Waals surface area contributed by atoms with Gasteiger partial charge in [0, 0.05) is 55.9 Å². The minimum atomic E-state index is -0.474. The molecule has 0 radical (unpaired) electrons. The molecule has 0 unspecified atom stereocenters. The molecule has 2 aliphatic heterocycles. The van der Waals surface area contributed by atoms with Crippen molar-refractivity contribution in [2.75, 3.05) is 38.7 Å². The number of methoxy groups -OCH3 is 1. The molecule has 8 nitrogen and oxygen atoms in total. The van der Waals surface area contributed by atoms with Gasteiger partial charge in [-0.3, -0.25) is 4.79 Å². The number of rotatable bonds is 5. The van der Waals surface area contributed by atoms with Crippen LogP contribution in [-0.2, 0) is 17.3 Å². The summed E-state index contributed by atoms with van der Waals surface area (Å²) in [6, 6.07) is 10.9. The van der Waals surface area contributed by atoms with Crippen LogP contribution in [0, 0.1) is 5.82 Å². The van der Waals surface area contributed by atoms with Gasteiger partial charge >= 0.3 is 6.03 Å². The maximum absolute atomic E-state index is 13.6. The fraction of sp³-hybridized carbons (Fsp3) is 0.407. The van der Waals surface area contributed by atoms with Gasteiger partial charge in [0.15, 0.2) is 0 Å². The molecule has 5 rings (SSSR count). The largest absolute Gasteiger partial charge is 0.497 e. The van der Waals surface area contributed by atoms with Crippen molar-refractivity contribution in [1.29, 1.82) is 0 Å². The lowest BCUT2D eigenvalue weighted by Crippen LogP contribution is -2.68. The number of aryl methyl sites for hydroxylation is 1. The standard InChI is InChI=1S/C27H31FN4O4/c1-4-6-23(34)32-16-27(14-31(15-27)26(35)29-18-8-5-7-17(28)11-18)24-20-10-9-19(36-3)12-21(20)30(2)25(24)22(32)13-33/h5,7-12,22,33H,4,6,13-16H2,1-3H3,(H,29,35)/t22-/m1/s1. The summed E-state index contributed by atoms with van der Waals surface area (Å²) >= 11 is 0. The maximum Gasteiger partial charge on any atom is 0.321 e. The first-order chi connectivity index (χ1) is 17.3. The van der Waals surface area contributed by atoms with E-state index < -0.39 is 17.3 Å². The van der Waals surface area contributed by atoms with Crippen molar-refractivity contribution in [2.45, 2.75) is 31.2 Å². The molecule has 3 aromatic rings. The fourth-order valence-corrected chi connectivity index (χ4v) is 5.83. The monoisotopic (exact) mass is 494 g/mol. The van der Waals surface area contributed by atoms with Crippen molar-refractivity contribution >= 4 is 28.5 Å². The van der Waals surface area contributed by atoms with Gasteiger partial charge in [0.1, 0.15) is 11.6 Å². The van der Waals surface area contributed by atoms with Gasteiger partial charge in [0.05, 0.1) is 30.7 Å². The van der Waals surface area contributed by atoms with E-state index in [-0.39, 0.29) is 18.5 Å². The number of aliphatic hydroxyl groups is 1. The van der Waals surface area contributed by atoms with Crippen LogP contribution in [0.1, 0.15) is 37.1 Å². The zero-order valence-electron chi connectivity index (χ0n) is 20.8. The van der Waals surface area contributed by atoms with Gasteiger partial charge in [-0.25, -0.2) is 9.18 Å². The lowest BCUT2D eigenvalue weighted by atomic mass is 9.68. The van der Waals surface area contributed by atoms with E-state index in [0.29, 0.717) is 38.2 Å². The van der Waals surface area contributed by atoms with Gasteiger partial charge in [-0.15, -0.1) is 0 Å². The fourth-order valence-electron chi connectivity index (χ4n) is 5.83. The van der Waals surface area contributed by atoms with Crippen molar-refractivity contribution < 1.29 is 23.8 Å². The summed E-state index contributed by atoms with van der Waals surface area (Å²) in [5.74, 6) is 0.293. The molecule has 36 heavy (non-hydrogen) atoms. The summed E-state index contributed by atoms with van der Waals surface area (Å²) in [5, 5.41) is 14.2.